The van der Waals surface area contributed by atoms with Gasteiger partial charge < -0.3 is 14.8 Å². The molecular formula is C14H17NO5. The van der Waals surface area contributed by atoms with Gasteiger partial charge in [-0.15, -0.1) is 0 Å². The fourth-order valence-corrected chi connectivity index (χ4v) is 1.54. The second-order valence-electron chi connectivity index (χ2n) is 3.79. The number of nitrogens with one attached hydrogen (secondary N) is 1. The van der Waals surface area contributed by atoms with Crippen LogP contribution < -0.4 is 5.32 Å². The molecule has 0 aliphatic carbocycles. The zero-order valence-corrected chi connectivity index (χ0v) is 11.4. The van der Waals surface area contributed by atoms with Gasteiger partial charge in [0, 0.05) is 0 Å². The minimum absolute atomic E-state index is 0.0850. The molecule has 1 amide bonds. The topological polar surface area (TPSA) is 81.7 Å². The van der Waals surface area contributed by atoms with Gasteiger partial charge in [-0.2, -0.15) is 0 Å². The number of amides is 1. The van der Waals surface area contributed by atoms with Gasteiger partial charge in [0.2, 0.25) is 0 Å². The van der Waals surface area contributed by atoms with Crippen LogP contribution in [-0.4, -0.2) is 31.1 Å². The van der Waals surface area contributed by atoms with E-state index in [9.17, 15) is 14.4 Å². The zero-order valence-electron chi connectivity index (χ0n) is 11.4. The van der Waals surface area contributed by atoms with Crippen molar-refractivity contribution in [3.05, 3.63) is 35.9 Å². The number of rotatable bonds is 5. The van der Waals surface area contributed by atoms with Gasteiger partial charge in [-0.3, -0.25) is 4.79 Å². The van der Waals surface area contributed by atoms with Crippen molar-refractivity contribution in [3.8, 4) is 0 Å². The predicted molar refractivity (Wildman–Crippen MR) is 70.6 cm³/mol. The molecule has 1 N–H and O–H groups in total. The first-order valence-electron chi connectivity index (χ1n) is 6.29. The molecule has 0 fully saturated rings. The standard InChI is InChI=1S/C14H17NO5/c1-3-19-13(17)11(10-8-6-5-7-9-10)15-12(16)14(18)20-4-2/h5-9,11H,3-4H2,1-2H3,(H,15,16). The summed E-state index contributed by atoms with van der Waals surface area (Å²) in [5.41, 5.74) is 0.531. The average molecular weight is 279 g/mol. The summed E-state index contributed by atoms with van der Waals surface area (Å²) >= 11 is 0. The van der Waals surface area contributed by atoms with Crippen LogP contribution in [-0.2, 0) is 23.9 Å². The lowest BCUT2D eigenvalue weighted by Crippen LogP contribution is -2.39. The van der Waals surface area contributed by atoms with E-state index in [4.69, 9.17) is 4.74 Å². The maximum absolute atomic E-state index is 11.9. The van der Waals surface area contributed by atoms with Crippen LogP contribution in [0.2, 0.25) is 0 Å². The van der Waals surface area contributed by atoms with Crippen LogP contribution in [0.15, 0.2) is 30.3 Å². The smallest absolute Gasteiger partial charge is 0.396 e. The third kappa shape index (κ3) is 4.38. The van der Waals surface area contributed by atoms with Crippen LogP contribution in [0, 0.1) is 0 Å². The number of carbonyl (C=O) groups is 3. The summed E-state index contributed by atoms with van der Waals surface area (Å²) in [5, 5.41) is 2.31. The predicted octanol–water partition coefficient (Wildman–Crippen LogP) is 0.970. The molecule has 20 heavy (non-hydrogen) atoms. The fourth-order valence-electron chi connectivity index (χ4n) is 1.54. The number of hydrogen-bond donors (Lipinski definition) is 1. The Morgan fingerprint density at radius 3 is 2.20 bits per heavy atom. The molecule has 1 rings (SSSR count). The summed E-state index contributed by atoms with van der Waals surface area (Å²) < 4.78 is 9.47. The van der Waals surface area contributed by atoms with Crippen molar-refractivity contribution in [2.75, 3.05) is 13.2 Å². The van der Waals surface area contributed by atoms with E-state index < -0.39 is 23.9 Å². The first-order chi connectivity index (χ1) is 9.60. The van der Waals surface area contributed by atoms with Crippen LogP contribution in [0.25, 0.3) is 0 Å². The van der Waals surface area contributed by atoms with Gasteiger partial charge in [0.05, 0.1) is 13.2 Å². The van der Waals surface area contributed by atoms with Gasteiger partial charge in [-0.1, -0.05) is 30.3 Å². The monoisotopic (exact) mass is 279 g/mol. The normalized spacial score (nSPS) is 11.3. The van der Waals surface area contributed by atoms with Crippen molar-refractivity contribution in [1.29, 1.82) is 0 Å². The molecule has 6 nitrogen and oxygen atoms in total. The zero-order chi connectivity index (χ0) is 15.0. The summed E-state index contributed by atoms with van der Waals surface area (Å²) in [5.74, 6) is -2.64. The lowest BCUT2D eigenvalue weighted by atomic mass is 10.1. The molecule has 1 atom stereocenters. The van der Waals surface area contributed by atoms with E-state index >= 15 is 0 Å². The summed E-state index contributed by atoms with van der Waals surface area (Å²) in [6.45, 7) is 3.51. The van der Waals surface area contributed by atoms with Gasteiger partial charge in [0.1, 0.15) is 0 Å². The Balaban J connectivity index is 2.86. The number of benzene rings is 1. The van der Waals surface area contributed by atoms with E-state index in [0.29, 0.717) is 5.56 Å². The van der Waals surface area contributed by atoms with Crippen molar-refractivity contribution in [3.63, 3.8) is 0 Å². The van der Waals surface area contributed by atoms with E-state index in [0.717, 1.165) is 0 Å². The van der Waals surface area contributed by atoms with Gasteiger partial charge in [0.15, 0.2) is 6.04 Å². The summed E-state index contributed by atoms with van der Waals surface area (Å²) in [4.78, 5) is 34.8. The van der Waals surface area contributed by atoms with Crippen molar-refractivity contribution in [1.82, 2.24) is 5.32 Å². The number of carbonyl (C=O) groups excluding carboxylic acids is 3. The molecule has 0 aliphatic rings. The largest absolute Gasteiger partial charge is 0.464 e. The molecule has 1 unspecified atom stereocenters. The first-order valence-corrected chi connectivity index (χ1v) is 6.29. The Bertz CT molecular complexity index is 472. The van der Waals surface area contributed by atoms with E-state index in [2.05, 4.69) is 10.1 Å². The highest BCUT2D eigenvalue weighted by Crippen LogP contribution is 2.14. The van der Waals surface area contributed by atoms with E-state index in [-0.39, 0.29) is 13.2 Å². The highest BCUT2D eigenvalue weighted by molar-refractivity contribution is 6.32. The Hall–Kier alpha value is -2.37. The molecule has 0 aliphatic heterocycles. The Labute approximate surface area is 117 Å². The molecule has 1 aromatic rings. The maximum Gasteiger partial charge on any atom is 0.396 e. The SMILES string of the molecule is CCOC(=O)C(=O)NC(C(=O)OCC)c1ccccc1. The molecule has 0 saturated carbocycles. The quantitative estimate of drug-likeness (QED) is 0.641. The van der Waals surface area contributed by atoms with Crippen molar-refractivity contribution < 1.29 is 23.9 Å². The third-order valence-electron chi connectivity index (χ3n) is 2.39. The number of ether oxygens (including phenoxy) is 2. The van der Waals surface area contributed by atoms with Crippen molar-refractivity contribution in [2.45, 2.75) is 19.9 Å². The van der Waals surface area contributed by atoms with Crippen molar-refractivity contribution >= 4 is 17.8 Å². The van der Waals surface area contributed by atoms with E-state index in [1.54, 1.807) is 44.2 Å². The van der Waals surface area contributed by atoms with Gasteiger partial charge >= 0.3 is 17.8 Å². The second-order valence-corrected chi connectivity index (χ2v) is 3.79. The molecule has 0 spiro atoms. The molecule has 6 heteroatoms. The molecule has 0 saturated heterocycles. The lowest BCUT2D eigenvalue weighted by molar-refractivity contribution is -0.156. The Morgan fingerprint density at radius 1 is 1.05 bits per heavy atom. The van der Waals surface area contributed by atoms with Gasteiger partial charge in [-0.25, -0.2) is 9.59 Å². The lowest BCUT2D eigenvalue weighted by Gasteiger charge is -2.17. The summed E-state index contributed by atoms with van der Waals surface area (Å²) in [6, 6.07) is 7.50. The van der Waals surface area contributed by atoms with Crippen LogP contribution in [0.3, 0.4) is 0 Å². The molecule has 0 heterocycles. The first kappa shape index (κ1) is 15.7. The minimum Gasteiger partial charge on any atom is -0.464 e. The van der Waals surface area contributed by atoms with Crippen LogP contribution in [0.1, 0.15) is 25.5 Å². The van der Waals surface area contributed by atoms with Crippen molar-refractivity contribution in [2.24, 2.45) is 0 Å². The van der Waals surface area contributed by atoms with Crippen LogP contribution in [0.4, 0.5) is 0 Å². The molecule has 0 bridgehead atoms. The molecule has 108 valence electrons. The Morgan fingerprint density at radius 2 is 1.65 bits per heavy atom. The maximum atomic E-state index is 11.9. The van der Waals surface area contributed by atoms with Crippen LogP contribution >= 0.6 is 0 Å². The number of esters is 2. The van der Waals surface area contributed by atoms with Gasteiger partial charge in [0.25, 0.3) is 0 Å². The molecule has 1 aromatic carbocycles. The average Bonchev–Trinajstić information content (AvgIpc) is 2.45. The fraction of sp³-hybridized carbons (Fsp3) is 0.357. The third-order valence-corrected chi connectivity index (χ3v) is 2.39. The molecule has 0 aromatic heterocycles. The highest BCUT2D eigenvalue weighted by atomic mass is 16.5. The number of hydrogen-bond acceptors (Lipinski definition) is 5. The summed E-state index contributed by atoms with van der Waals surface area (Å²) in [7, 11) is 0. The minimum atomic E-state index is -1.03. The van der Waals surface area contributed by atoms with E-state index in [1.807, 2.05) is 0 Å². The van der Waals surface area contributed by atoms with Crippen LogP contribution in [0.5, 0.6) is 0 Å². The molecular weight excluding hydrogens is 262 g/mol. The van der Waals surface area contributed by atoms with E-state index in [1.165, 1.54) is 0 Å². The summed E-state index contributed by atoms with van der Waals surface area (Å²) in [6.07, 6.45) is 0. The van der Waals surface area contributed by atoms with Gasteiger partial charge in [-0.05, 0) is 19.4 Å². The highest BCUT2D eigenvalue weighted by Gasteiger charge is 2.27. The second kappa shape index (κ2) is 7.93. The molecule has 0 radical (unpaired) electrons. The Kier molecular flexibility index (Phi) is 6.22.